The second-order valence-electron chi connectivity index (χ2n) is 4.61. The lowest BCUT2D eigenvalue weighted by Gasteiger charge is -2.32. The Morgan fingerprint density at radius 2 is 2.29 bits per heavy atom. The highest BCUT2D eigenvalue weighted by Gasteiger charge is 2.20. The van der Waals surface area contributed by atoms with Crippen molar-refractivity contribution in [3.05, 3.63) is 34.1 Å². The predicted molar refractivity (Wildman–Crippen MR) is 72.8 cm³/mol. The molecule has 1 aliphatic heterocycles. The molecular formula is C13H16BrClFN. The van der Waals surface area contributed by atoms with Gasteiger partial charge in [0.2, 0.25) is 0 Å². The molecule has 0 aromatic heterocycles. The largest absolute Gasteiger partial charge is 0.299 e. The number of alkyl halides is 1. The summed E-state index contributed by atoms with van der Waals surface area (Å²) in [6, 6.07) is 5.21. The van der Waals surface area contributed by atoms with E-state index < -0.39 is 0 Å². The summed E-state index contributed by atoms with van der Waals surface area (Å²) in [4.78, 5) is 2.36. The topological polar surface area (TPSA) is 3.24 Å². The number of piperidine rings is 1. The van der Waals surface area contributed by atoms with Gasteiger partial charge in [-0.2, -0.15) is 0 Å². The van der Waals surface area contributed by atoms with E-state index in [4.69, 9.17) is 11.6 Å². The Kier molecular flexibility index (Phi) is 4.83. The number of nitrogens with zero attached hydrogens (tertiary/aromatic N) is 1. The monoisotopic (exact) mass is 319 g/mol. The zero-order valence-electron chi connectivity index (χ0n) is 9.63. The molecule has 1 atom stereocenters. The summed E-state index contributed by atoms with van der Waals surface area (Å²) in [7, 11) is 0. The number of hydrogen-bond acceptors (Lipinski definition) is 1. The minimum absolute atomic E-state index is 0.187. The first-order chi connectivity index (χ1) is 8.20. The molecule has 1 nitrogen and oxygen atoms in total. The van der Waals surface area contributed by atoms with E-state index in [9.17, 15) is 4.39 Å². The maximum atomic E-state index is 13.4. The van der Waals surface area contributed by atoms with E-state index in [1.165, 1.54) is 18.9 Å². The van der Waals surface area contributed by atoms with Crippen molar-refractivity contribution in [2.75, 3.05) is 19.0 Å². The summed E-state index contributed by atoms with van der Waals surface area (Å²) in [5.41, 5.74) is 1.01. The van der Waals surface area contributed by atoms with Gasteiger partial charge in [0.05, 0.1) is 4.47 Å². The van der Waals surface area contributed by atoms with Gasteiger partial charge in [0.1, 0.15) is 5.82 Å². The summed E-state index contributed by atoms with van der Waals surface area (Å²) >= 11 is 9.22. The molecule has 0 spiro atoms. The van der Waals surface area contributed by atoms with Gasteiger partial charge < -0.3 is 0 Å². The van der Waals surface area contributed by atoms with Crippen molar-refractivity contribution < 1.29 is 4.39 Å². The summed E-state index contributed by atoms with van der Waals surface area (Å²) < 4.78 is 14.0. The molecule has 1 fully saturated rings. The highest BCUT2D eigenvalue weighted by molar-refractivity contribution is 9.10. The molecular weight excluding hydrogens is 305 g/mol. The van der Waals surface area contributed by atoms with Gasteiger partial charge in [0.15, 0.2) is 0 Å². The third-order valence-electron chi connectivity index (χ3n) is 3.25. The highest BCUT2D eigenvalue weighted by Crippen LogP contribution is 2.24. The van der Waals surface area contributed by atoms with Crippen LogP contribution >= 0.6 is 27.5 Å². The Bertz CT molecular complexity index is 386. The van der Waals surface area contributed by atoms with Crippen LogP contribution in [0.3, 0.4) is 0 Å². The van der Waals surface area contributed by atoms with E-state index in [2.05, 4.69) is 20.8 Å². The van der Waals surface area contributed by atoms with Crippen molar-refractivity contribution in [3.63, 3.8) is 0 Å². The fourth-order valence-electron chi connectivity index (χ4n) is 2.33. The van der Waals surface area contributed by atoms with Crippen molar-refractivity contribution in [2.45, 2.75) is 19.4 Å². The maximum absolute atomic E-state index is 13.4. The van der Waals surface area contributed by atoms with Crippen LogP contribution in [0.15, 0.2) is 22.7 Å². The fraction of sp³-hybridized carbons (Fsp3) is 0.538. The molecule has 1 aromatic carbocycles. The van der Waals surface area contributed by atoms with E-state index in [1.54, 1.807) is 6.07 Å². The second kappa shape index (κ2) is 6.17. The van der Waals surface area contributed by atoms with E-state index in [0.29, 0.717) is 10.4 Å². The first-order valence-electron chi connectivity index (χ1n) is 5.92. The zero-order valence-corrected chi connectivity index (χ0v) is 12.0. The number of likely N-dealkylation sites (tertiary alicyclic amines) is 1. The van der Waals surface area contributed by atoms with Crippen LogP contribution in [0, 0.1) is 11.7 Å². The lowest BCUT2D eigenvalue weighted by Crippen LogP contribution is -2.35. The number of benzene rings is 1. The molecule has 1 unspecified atom stereocenters. The summed E-state index contributed by atoms with van der Waals surface area (Å²) in [6.45, 7) is 2.90. The van der Waals surface area contributed by atoms with Gasteiger partial charge in [-0.05, 0) is 52.9 Å². The van der Waals surface area contributed by atoms with Crippen molar-refractivity contribution in [3.8, 4) is 0 Å². The van der Waals surface area contributed by atoms with Crippen LogP contribution in [-0.2, 0) is 6.54 Å². The van der Waals surface area contributed by atoms with Crippen LogP contribution in [0.1, 0.15) is 18.4 Å². The van der Waals surface area contributed by atoms with Gasteiger partial charge in [-0.15, -0.1) is 11.6 Å². The summed E-state index contributed by atoms with van der Waals surface area (Å²) in [6.07, 6.45) is 2.40. The molecule has 4 heteroatoms. The van der Waals surface area contributed by atoms with Crippen molar-refractivity contribution in [2.24, 2.45) is 5.92 Å². The Morgan fingerprint density at radius 3 is 3.06 bits per heavy atom. The molecule has 0 N–H and O–H groups in total. The van der Waals surface area contributed by atoms with Gasteiger partial charge in [-0.1, -0.05) is 12.1 Å². The van der Waals surface area contributed by atoms with Gasteiger partial charge in [-0.25, -0.2) is 4.39 Å². The zero-order chi connectivity index (χ0) is 12.3. The molecule has 0 bridgehead atoms. The van der Waals surface area contributed by atoms with E-state index in [1.807, 2.05) is 6.07 Å². The smallest absolute Gasteiger partial charge is 0.137 e. The van der Waals surface area contributed by atoms with Crippen molar-refractivity contribution in [1.82, 2.24) is 4.90 Å². The minimum atomic E-state index is -0.187. The molecule has 17 heavy (non-hydrogen) atoms. The minimum Gasteiger partial charge on any atom is -0.299 e. The maximum Gasteiger partial charge on any atom is 0.137 e. The van der Waals surface area contributed by atoms with Gasteiger partial charge >= 0.3 is 0 Å². The van der Waals surface area contributed by atoms with Gasteiger partial charge in [0.25, 0.3) is 0 Å². The molecule has 2 rings (SSSR count). The highest BCUT2D eigenvalue weighted by atomic mass is 79.9. The average Bonchev–Trinajstić information content (AvgIpc) is 2.35. The molecule has 0 amide bonds. The lowest BCUT2D eigenvalue weighted by atomic mass is 9.99. The van der Waals surface area contributed by atoms with Crippen molar-refractivity contribution in [1.29, 1.82) is 0 Å². The average molecular weight is 321 g/mol. The molecule has 1 aromatic rings. The Morgan fingerprint density at radius 1 is 1.47 bits per heavy atom. The first-order valence-corrected chi connectivity index (χ1v) is 7.24. The van der Waals surface area contributed by atoms with Crippen molar-refractivity contribution >= 4 is 27.5 Å². The van der Waals surface area contributed by atoms with E-state index in [-0.39, 0.29) is 5.82 Å². The van der Waals surface area contributed by atoms with E-state index in [0.717, 1.165) is 31.1 Å². The summed E-state index contributed by atoms with van der Waals surface area (Å²) in [5.74, 6) is 1.12. The normalized spacial score (nSPS) is 21.7. The quantitative estimate of drug-likeness (QED) is 0.760. The lowest BCUT2D eigenvalue weighted by molar-refractivity contribution is 0.177. The molecule has 1 saturated heterocycles. The van der Waals surface area contributed by atoms with Crippen LogP contribution < -0.4 is 0 Å². The third-order valence-corrected chi connectivity index (χ3v) is 4.57. The summed E-state index contributed by atoms with van der Waals surface area (Å²) in [5, 5.41) is 0. The Hall–Kier alpha value is -0.120. The SMILES string of the molecule is Fc1cccc(CN2CCCC(CCl)C2)c1Br. The van der Waals surface area contributed by atoms with Crippen LogP contribution in [0.5, 0.6) is 0 Å². The number of hydrogen-bond donors (Lipinski definition) is 0. The Labute approximate surface area is 115 Å². The molecule has 94 valence electrons. The molecule has 0 radical (unpaired) electrons. The fourth-order valence-corrected chi connectivity index (χ4v) is 2.97. The van der Waals surface area contributed by atoms with Crippen LogP contribution in [-0.4, -0.2) is 23.9 Å². The number of rotatable bonds is 3. The van der Waals surface area contributed by atoms with Crippen LogP contribution in [0.4, 0.5) is 4.39 Å². The van der Waals surface area contributed by atoms with Crippen LogP contribution in [0.25, 0.3) is 0 Å². The van der Waals surface area contributed by atoms with Crippen LogP contribution in [0.2, 0.25) is 0 Å². The predicted octanol–water partition coefficient (Wildman–Crippen LogP) is 4.04. The Balaban J connectivity index is 2.02. The number of halogens is 3. The van der Waals surface area contributed by atoms with Gasteiger partial charge in [-0.3, -0.25) is 4.90 Å². The molecule has 1 aliphatic rings. The molecule has 0 saturated carbocycles. The van der Waals surface area contributed by atoms with Gasteiger partial charge in [0, 0.05) is 19.0 Å². The first kappa shape index (κ1) is 13.3. The standard InChI is InChI=1S/C13H16BrClFN/c14-13-11(4-1-5-12(13)16)9-17-6-2-3-10(7-15)8-17/h1,4-5,10H,2-3,6-9H2. The third kappa shape index (κ3) is 3.43. The molecule has 0 aliphatic carbocycles. The second-order valence-corrected chi connectivity index (χ2v) is 5.71. The molecule has 1 heterocycles. The van der Waals surface area contributed by atoms with E-state index >= 15 is 0 Å².